The van der Waals surface area contributed by atoms with E-state index in [-0.39, 0.29) is 11.8 Å². The van der Waals surface area contributed by atoms with Crippen LogP contribution in [0, 0.1) is 5.92 Å². The number of aryl methyl sites for hydroxylation is 1. The van der Waals surface area contributed by atoms with Crippen LogP contribution in [0.15, 0.2) is 48.7 Å². The SMILES string of the molecule is CCc1ccc(N2CC[C@@H](C(=O)NCc3ccccn3)C2=O)cc1. The summed E-state index contributed by atoms with van der Waals surface area (Å²) in [4.78, 5) is 30.7. The van der Waals surface area contributed by atoms with Gasteiger partial charge in [-0.05, 0) is 42.7 Å². The minimum atomic E-state index is -0.612. The Kier molecular flexibility index (Phi) is 4.89. The van der Waals surface area contributed by atoms with Crippen LogP contribution in [0.5, 0.6) is 0 Å². The fourth-order valence-electron chi connectivity index (χ4n) is 2.89. The first-order chi connectivity index (χ1) is 11.7. The first-order valence-electron chi connectivity index (χ1n) is 8.27. The van der Waals surface area contributed by atoms with Crippen LogP contribution in [0.4, 0.5) is 5.69 Å². The molecule has 5 heteroatoms. The standard InChI is InChI=1S/C19H21N3O2/c1-2-14-6-8-16(9-7-14)22-12-10-17(19(22)24)18(23)21-13-15-5-3-4-11-20-15/h3-9,11,17H,2,10,12-13H2,1H3,(H,21,23)/t17-/m0/s1. The number of hydrogen-bond acceptors (Lipinski definition) is 3. The summed E-state index contributed by atoms with van der Waals surface area (Å²) in [5.74, 6) is -0.962. The Morgan fingerprint density at radius 2 is 2.04 bits per heavy atom. The van der Waals surface area contributed by atoms with E-state index in [1.54, 1.807) is 11.1 Å². The number of rotatable bonds is 5. The van der Waals surface area contributed by atoms with Gasteiger partial charge in [0.2, 0.25) is 11.8 Å². The third-order valence-electron chi connectivity index (χ3n) is 4.35. The van der Waals surface area contributed by atoms with E-state index in [1.807, 2.05) is 42.5 Å². The zero-order chi connectivity index (χ0) is 16.9. The molecular weight excluding hydrogens is 302 g/mol. The van der Waals surface area contributed by atoms with Crippen molar-refractivity contribution in [2.75, 3.05) is 11.4 Å². The highest BCUT2D eigenvalue weighted by Crippen LogP contribution is 2.25. The molecule has 1 fully saturated rings. The molecule has 1 aliphatic rings. The van der Waals surface area contributed by atoms with E-state index < -0.39 is 5.92 Å². The van der Waals surface area contributed by atoms with Crippen molar-refractivity contribution in [3.8, 4) is 0 Å². The number of amides is 2. The first-order valence-corrected chi connectivity index (χ1v) is 8.27. The Morgan fingerprint density at radius 3 is 2.71 bits per heavy atom. The largest absolute Gasteiger partial charge is 0.350 e. The highest BCUT2D eigenvalue weighted by molar-refractivity contribution is 6.09. The van der Waals surface area contributed by atoms with Crippen LogP contribution in [0.25, 0.3) is 0 Å². The van der Waals surface area contributed by atoms with Gasteiger partial charge >= 0.3 is 0 Å². The van der Waals surface area contributed by atoms with Crippen LogP contribution in [-0.2, 0) is 22.6 Å². The number of benzene rings is 1. The molecule has 3 rings (SSSR count). The van der Waals surface area contributed by atoms with Gasteiger partial charge in [-0.2, -0.15) is 0 Å². The average molecular weight is 323 g/mol. The number of hydrogen-bond donors (Lipinski definition) is 1. The molecule has 0 bridgehead atoms. The second kappa shape index (κ2) is 7.25. The molecule has 1 saturated heterocycles. The minimum absolute atomic E-state index is 0.127. The van der Waals surface area contributed by atoms with Gasteiger partial charge in [-0.25, -0.2) is 0 Å². The summed E-state index contributed by atoms with van der Waals surface area (Å²) in [7, 11) is 0. The highest BCUT2D eigenvalue weighted by atomic mass is 16.2. The monoisotopic (exact) mass is 323 g/mol. The van der Waals surface area contributed by atoms with Gasteiger partial charge in [0.1, 0.15) is 5.92 Å². The molecule has 0 unspecified atom stereocenters. The van der Waals surface area contributed by atoms with Gasteiger partial charge in [0.05, 0.1) is 12.2 Å². The molecule has 0 saturated carbocycles. The van der Waals surface area contributed by atoms with Gasteiger partial charge < -0.3 is 10.2 Å². The summed E-state index contributed by atoms with van der Waals surface area (Å²) in [6, 6.07) is 13.5. The second-order valence-electron chi connectivity index (χ2n) is 5.89. The third kappa shape index (κ3) is 3.45. The third-order valence-corrected chi connectivity index (χ3v) is 4.35. The number of carbonyl (C=O) groups is 2. The summed E-state index contributed by atoms with van der Waals surface area (Å²) < 4.78 is 0. The first kappa shape index (κ1) is 16.2. The maximum Gasteiger partial charge on any atom is 0.239 e. The maximum atomic E-state index is 12.6. The van der Waals surface area contributed by atoms with E-state index in [0.29, 0.717) is 19.5 Å². The number of carbonyl (C=O) groups excluding carboxylic acids is 2. The molecule has 2 aromatic rings. The Hall–Kier alpha value is -2.69. The van der Waals surface area contributed by atoms with Gasteiger partial charge in [-0.15, -0.1) is 0 Å². The molecule has 1 aromatic carbocycles. The van der Waals surface area contributed by atoms with Crippen LogP contribution >= 0.6 is 0 Å². The van der Waals surface area contributed by atoms with Gasteiger partial charge in [0.15, 0.2) is 0 Å². The molecule has 1 aromatic heterocycles. The fourth-order valence-corrected chi connectivity index (χ4v) is 2.89. The quantitative estimate of drug-likeness (QED) is 0.859. The molecule has 5 nitrogen and oxygen atoms in total. The highest BCUT2D eigenvalue weighted by Gasteiger charge is 2.37. The number of nitrogens with one attached hydrogen (secondary N) is 1. The van der Waals surface area contributed by atoms with Gasteiger partial charge in [0, 0.05) is 18.4 Å². The number of nitrogens with zero attached hydrogens (tertiary/aromatic N) is 2. The van der Waals surface area contributed by atoms with Crippen molar-refractivity contribution in [2.45, 2.75) is 26.3 Å². The molecule has 1 aliphatic heterocycles. The summed E-state index contributed by atoms with van der Waals surface area (Å²) in [5.41, 5.74) is 2.87. The Bertz CT molecular complexity index is 713. The normalized spacial score (nSPS) is 17.1. The molecule has 124 valence electrons. The fraction of sp³-hybridized carbons (Fsp3) is 0.316. The Labute approximate surface area is 141 Å². The van der Waals surface area contributed by atoms with Crippen molar-refractivity contribution in [1.29, 1.82) is 0 Å². The van der Waals surface area contributed by atoms with Crippen LogP contribution in [0.2, 0.25) is 0 Å². The summed E-state index contributed by atoms with van der Waals surface area (Å²) >= 11 is 0. The summed E-state index contributed by atoms with van der Waals surface area (Å²) in [6.45, 7) is 3.01. The van der Waals surface area contributed by atoms with Gasteiger partial charge in [-0.3, -0.25) is 14.6 Å². The van der Waals surface area contributed by atoms with E-state index in [0.717, 1.165) is 17.8 Å². The predicted molar refractivity (Wildman–Crippen MR) is 92.4 cm³/mol. The Balaban J connectivity index is 1.61. The smallest absolute Gasteiger partial charge is 0.239 e. The number of aromatic nitrogens is 1. The lowest BCUT2D eigenvalue weighted by molar-refractivity contribution is -0.132. The van der Waals surface area contributed by atoms with E-state index in [4.69, 9.17) is 0 Å². The number of pyridine rings is 1. The van der Waals surface area contributed by atoms with Crippen molar-refractivity contribution in [3.63, 3.8) is 0 Å². The number of anilines is 1. The lowest BCUT2D eigenvalue weighted by atomic mass is 10.1. The molecule has 2 heterocycles. The van der Waals surface area contributed by atoms with Crippen LogP contribution in [0.3, 0.4) is 0 Å². The molecule has 0 spiro atoms. The van der Waals surface area contributed by atoms with E-state index in [1.165, 1.54) is 5.56 Å². The molecule has 0 aliphatic carbocycles. The zero-order valence-electron chi connectivity index (χ0n) is 13.7. The molecule has 1 atom stereocenters. The van der Waals surface area contributed by atoms with Crippen LogP contribution < -0.4 is 10.2 Å². The van der Waals surface area contributed by atoms with Crippen molar-refractivity contribution in [3.05, 3.63) is 59.9 Å². The van der Waals surface area contributed by atoms with E-state index >= 15 is 0 Å². The molecule has 0 radical (unpaired) electrons. The van der Waals surface area contributed by atoms with Gasteiger partial charge in [-0.1, -0.05) is 25.1 Å². The predicted octanol–water partition coefficient (Wildman–Crippen LogP) is 2.31. The van der Waals surface area contributed by atoms with Crippen LogP contribution in [-0.4, -0.2) is 23.3 Å². The lowest BCUT2D eigenvalue weighted by Crippen LogP contribution is -2.36. The lowest BCUT2D eigenvalue weighted by Gasteiger charge is -2.17. The van der Waals surface area contributed by atoms with Crippen molar-refractivity contribution < 1.29 is 9.59 Å². The van der Waals surface area contributed by atoms with Crippen molar-refractivity contribution >= 4 is 17.5 Å². The Morgan fingerprint density at radius 1 is 1.25 bits per heavy atom. The molecular formula is C19H21N3O2. The van der Waals surface area contributed by atoms with Crippen molar-refractivity contribution in [1.82, 2.24) is 10.3 Å². The molecule has 2 amide bonds. The average Bonchev–Trinajstić information content (AvgIpc) is 3.02. The van der Waals surface area contributed by atoms with E-state index in [9.17, 15) is 9.59 Å². The van der Waals surface area contributed by atoms with Gasteiger partial charge in [0.25, 0.3) is 0 Å². The minimum Gasteiger partial charge on any atom is -0.350 e. The topological polar surface area (TPSA) is 62.3 Å². The molecule has 24 heavy (non-hydrogen) atoms. The van der Waals surface area contributed by atoms with E-state index in [2.05, 4.69) is 17.2 Å². The maximum absolute atomic E-state index is 12.6. The van der Waals surface area contributed by atoms with Crippen molar-refractivity contribution in [2.24, 2.45) is 5.92 Å². The molecule has 1 N–H and O–H groups in total. The summed E-state index contributed by atoms with van der Waals surface area (Å²) in [5, 5.41) is 2.81. The van der Waals surface area contributed by atoms with Crippen LogP contribution in [0.1, 0.15) is 24.6 Å². The summed E-state index contributed by atoms with van der Waals surface area (Å²) in [6.07, 6.45) is 3.19. The second-order valence-corrected chi connectivity index (χ2v) is 5.89. The zero-order valence-corrected chi connectivity index (χ0v) is 13.7.